The number of hydrogen-bond acceptors (Lipinski definition) is 4. The number of carboxylic acid groups (broad SMARTS) is 2. The van der Waals surface area contributed by atoms with Crippen molar-refractivity contribution in [1.82, 2.24) is 0 Å². The Bertz CT molecular complexity index is 474. The Morgan fingerprint density at radius 1 is 0.640 bits per heavy atom. The zero-order chi connectivity index (χ0) is 17.4. The maximum absolute atomic E-state index is 10.2. The summed E-state index contributed by atoms with van der Waals surface area (Å²) in [5, 5.41) is 16.8. The number of carboxylic acids is 2. The molecule has 25 heavy (non-hydrogen) atoms. The molecule has 0 spiro atoms. The average Bonchev–Trinajstić information content (AvgIpc) is 2.60. The fourth-order valence-corrected chi connectivity index (χ4v) is 1.16. The zero-order valence-electron chi connectivity index (χ0n) is 13.2. The second-order valence-corrected chi connectivity index (χ2v) is 3.34. The van der Waals surface area contributed by atoms with Gasteiger partial charge in [-0.15, -0.1) is 0 Å². The number of aromatic carboxylic acids is 2. The van der Waals surface area contributed by atoms with E-state index in [1.807, 2.05) is 0 Å². The molecule has 0 aliphatic heterocycles. The van der Waals surface area contributed by atoms with Gasteiger partial charge < -0.3 is 21.7 Å². The van der Waals surface area contributed by atoms with Gasteiger partial charge in [-0.05, 0) is 38.4 Å². The molecule has 2 rings (SSSR count). The van der Waals surface area contributed by atoms with Crippen LogP contribution in [0.5, 0.6) is 0 Å². The summed E-state index contributed by atoms with van der Waals surface area (Å²) in [5.74, 6) is -1.76. The van der Waals surface area contributed by atoms with E-state index in [0.717, 1.165) is 0 Å². The number of carbonyl (C=O) groups is 2. The van der Waals surface area contributed by atoms with Gasteiger partial charge in [-0.2, -0.15) is 0 Å². The van der Waals surface area contributed by atoms with Gasteiger partial charge in [0.05, 0.1) is 11.1 Å². The molecule has 1 radical (unpaired) electrons. The molecule has 0 atom stereocenters. The molecule has 0 unspecified atom stereocenters. The largest absolute Gasteiger partial charge is 0.478 e. The van der Waals surface area contributed by atoms with Crippen LogP contribution in [0.1, 0.15) is 35.6 Å². The fourth-order valence-electron chi connectivity index (χ4n) is 1.16. The molecule has 2 aromatic rings. The minimum atomic E-state index is -0.879. The molecule has 6 N–H and O–H groups in total. The quantitative estimate of drug-likeness (QED) is 0.583. The van der Waals surface area contributed by atoms with Crippen molar-refractivity contribution < 1.29 is 52.5 Å². The average molecular weight is 427 g/mol. The molecule has 6 nitrogen and oxygen atoms in total. The van der Waals surface area contributed by atoms with E-state index in [2.05, 4.69) is 11.5 Å². The van der Waals surface area contributed by atoms with E-state index in [-0.39, 0.29) is 47.6 Å². The predicted molar refractivity (Wildman–Crippen MR) is 100 cm³/mol. The summed E-state index contributed by atoms with van der Waals surface area (Å²) in [6.07, 6.45) is 0. The molecule has 0 amide bonds. The van der Waals surface area contributed by atoms with E-state index in [4.69, 9.17) is 10.2 Å². The van der Waals surface area contributed by atoms with Crippen LogP contribution in [-0.4, -0.2) is 36.2 Å². The van der Waals surface area contributed by atoms with Crippen LogP contribution in [-0.2, 0) is 32.7 Å². The molecule has 0 saturated carbocycles. The Balaban J connectivity index is -0.0000000808. The summed E-state index contributed by atoms with van der Waals surface area (Å²) >= 11 is 0. The van der Waals surface area contributed by atoms with Gasteiger partial charge in [0.15, 0.2) is 0 Å². The smallest absolute Gasteiger partial charge is 0.335 e. The van der Waals surface area contributed by atoms with Crippen LogP contribution in [0, 0.1) is 0 Å². The molecule has 0 aliphatic carbocycles. The van der Waals surface area contributed by atoms with Gasteiger partial charge in [0, 0.05) is 32.7 Å². The Morgan fingerprint density at radius 2 is 0.840 bits per heavy atom. The van der Waals surface area contributed by atoms with Gasteiger partial charge >= 0.3 is 11.9 Å². The summed E-state index contributed by atoms with van der Waals surface area (Å²) in [4.78, 5) is 20.4. The third-order valence-electron chi connectivity index (χ3n) is 2.04. The molecule has 0 heterocycles. The van der Waals surface area contributed by atoms with Gasteiger partial charge in [0.1, 0.15) is 0 Å². The Morgan fingerprint density at radius 3 is 0.960 bits per heavy atom. The molecule has 0 bridgehead atoms. The first kappa shape index (κ1) is 34.7. The number of benzene rings is 2. The van der Waals surface area contributed by atoms with E-state index < -0.39 is 11.9 Å². The number of hydrogen-bond donors (Lipinski definition) is 4. The summed E-state index contributed by atoms with van der Waals surface area (Å²) < 4.78 is 0. The molecule has 0 fully saturated rings. The first-order valence-electron chi connectivity index (χ1n) is 6.33. The normalized spacial score (nSPS) is 6.88. The molecule has 0 saturated heterocycles. The molecular weight excluding hydrogens is 397 g/mol. The molecule has 139 valence electrons. The van der Waals surface area contributed by atoms with Crippen molar-refractivity contribution >= 4 is 11.9 Å². The summed E-state index contributed by atoms with van der Waals surface area (Å²) in [5.41, 5.74) is 9.66. The van der Waals surface area contributed by atoms with Gasteiger partial charge in [0.2, 0.25) is 0 Å². The Hall–Kier alpha value is -1.60. The Kier molecular flexibility index (Phi) is 34.2. The molecular formula is C18H30N2O4Y. The van der Waals surface area contributed by atoms with Crippen LogP contribution in [0.2, 0.25) is 0 Å². The second kappa shape index (κ2) is 24.7. The van der Waals surface area contributed by atoms with Crippen molar-refractivity contribution in [2.45, 2.75) is 14.9 Å². The van der Waals surface area contributed by atoms with Gasteiger partial charge in [-0.1, -0.05) is 51.3 Å². The number of rotatable bonds is 2. The number of nitrogens with two attached hydrogens (primary N) is 2. The van der Waals surface area contributed by atoms with Crippen molar-refractivity contribution in [2.24, 2.45) is 11.5 Å². The van der Waals surface area contributed by atoms with Crippen molar-refractivity contribution in [2.75, 3.05) is 14.1 Å². The fraction of sp³-hybridized carbons (Fsp3) is 0.222. The minimum absolute atomic E-state index is 0. The monoisotopic (exact) mass is 427 g/mol. The topological polar surface area (TPSA) is 127 Å². The summed E-state index contributed by atoms with van der Waals surface area (Å²) in [6, 6.07) is 16.6. The SMILES string of the molecule is C.C.CN.CN.O=C(O)c1ccccc1.O=C(O)c1ccccc1.[Y]. The standard InChI is InChI=1S/2C7H6O2.2CH5N.2CH4.Y/c2*8-7(9)6-4-2-1-3-5-6;2*1-2;;;/h2*1-5H,(H,8,9);2*2H2,1H3;2*1H4;. The van der Waals surface area contributed by atoms with E-state index in [1.54, 1.807) is 60.7 Å². The predicted octanol–water partition coefficient (Wildman–Crippen LogP) is 3.19. The third kappa shape index (κ3) is 18.6. The van der Waals surface area contributed by atoms with Crippen LogP contribution < -0.4 is 11.5 Å². The van der Waals surface area contributed by atoms with Crippen molar-refractivity contribution in [3.05, 3.63) is 71.8 Å². The molecule has 7 heteroatoms. The van der Waals surface area contributed by atoms with E-state index in [1.165, 1.54) is 14.1 Å². The second-order valence-electron chi connectivity index (χ2n) is 3.34. The van der Waals surface area contributed by atoms with Gasteiger partial charge in [-0.3, -0.25) is 0 Å². The van der Waals surface area contributed by atoms with Crippen molar-refractivity contribution in [3.63, 3.8) is 0 Å². The first-order valence-corrected chi connectivity index (χ1v) is 6.33. The molecule has 2 aromatic carbocycles. The Labute approximate surface area is 176 Å². The van der Waals surface area contributed by atoms with Crippen LogP contribution in [0.4, 0.5) is 0 Å². The van der Waals surface area contributed by atoms with Crippen LogP contribution in [0.3, 0.4) is 0 Å². The van der Waals surface area contributed by atoms with E-state index in [0.29, 0.717) is 11.1 Å². The van der Waals surface area contributed by atoms with Crippen molar-refractivity contribution in [1.29, 1.82) is 0 Å². The summed E-state index contributed by atoms with van der Waals surface area (Å²) in [7, 11) is 3.00. The van der Waals surface area contributed by atoms with E-state index >= 15 is 0 Å². The van der Waals surface area contributed by atoms with Crippen LogP contribution >= 0.6 is 0 Å². The van der Waals surface area contributed by atoms with Crippen molar-refractivity contribution in [3.8, 4) is 0 Å². The maximum atomic E-state index is 10.2. The van der Waals surface area contributed by atoms with Gasteiger partial charge in [0.25, 0.3) is 0 Å². The van der Waals surface area contributed by atoms with Crippen LogP contribution in [0.15, 0.2) is 60.7 Å². The third-order valence-corrected chi connectivity index (χ3v) is 2.04. The first-order chi connectivity index (χ1) is 10.6. The molecule has 0 aliphatic rings. The molecule has 0 aromatic heterocycles. The van der Waals surface area contributed by atoms with Gasteiger partial charge in [-0.25, -0.2) is 9.59 Å². The minimum Gasteiger partial charge on any atom is -0.478 e. The van der Waals surface area contributed by atoms with E-state index in [9.17, 15) is 9.59 Å². The maximum Gasteiger partial charge on any atom is 0.335 e. The summed E-state index contributed by atoms with van der Waals surface area (Å²) in [6.45, 7) is 0. The van der Waals surface area contributed by atoms with Crippen LogP contribution in [0.25, 0.3) is 0 Å². The zero-order valence-corrected chi connectivity index (χ0v) is 16.1.